The molecule has 0 bridgehead atoms. The average Bonchev–Trinajstić information content (AvgIpc) is 2.66. The van der Waals surface area contributed by atoms with Crippen molar-refractivity contribution >= 4 is 17.9 Å². The Hall–Kier alpha value is -1.79. The molecule has 3 amide bonds. The van der Waals surface area contributed by atoms with Gasteiger partial charge in [-0.15, -0.1) is 0 Å². The van der Waals surface area contributed by atoms with Gasteiger partial charge < -0.3 is 19.8 Å². The fourth-order valence-electron chi connectivity index (χ4n) is 3.14. The van der Waals surface area contributed by atoms with Crippen molar-refractivity contribution in [3.8, 4) is 0 Å². The number of aliphatic carboxylic acids is 1. The zero-order chi connectivity index (χ0) is 15.6. The fourth-order valence-corrected chi connectivity index (χ4v) is 3.14. The standard InChI is InChI=1S/C14H23N3O4/c1-10-4-7-17(12(10)13(19)20)14(21)16-6-3-5-15(8-9-16)11(2)18/h10,12H,3-9H2,1-2H3,(H,19,20). The maximum Gasteiger partial charge on any atom is 0.326 e. The maximum absolute atomic E-state index is 12.6. The second kappa shape index (κ2) is 6.32. The molecule has 0 aliphatic carbocycles. The highest BCUT2D eigenvalue weighted by atomic mass is 16.4. The van der Waals surface area contributed by atoms with Crippen LogP contribution in [0.1, 0.15) is 26.7 Å². The minimum Gasteiger partial charge on any atom is -0.480 e. The van der Waals surface area contributed by atoms with Crippen molar-refractivity contribution < 1.29 is 19.5 Å². The number of urea groups is 1. The Kier molecular flexibility index (Phi) is 4.69. The number of carboxylic acid groups (broad SMARTS) is 1. The average molecular weight is 297 g/mol. The molecule has 0 aromatic rings. The number of carbonyl (C=O) groups is 3. The van der Waals surface area contributed by atoms with Crippen molar-refractivity contribution in [1.29, 1.82) is 0 Å². The highest BCUT2D eigenvalue weighted by molar-refractivity contribution is 5.83. The summed E-state index contributed by atoms with van der Waals surface area (Å²) in [5.74, 6) is -0.941. The van der Waals surface area contributed by atoms with Crippen molar-refractivity contribution in [2.45, 2.75) is 32.7 Å². The van der Waals surface area contributed by atoms with Gasteiger partial charge >= 0.3 is 12.0 Å². The Balaban J connectivity index is 2.03. The molecule has 0 spiro atoms. The first-order valence-electron chi connectivity index (χ1n) is 7.45. The predicted molar refractivity (Wildman–Crippen MR) is 75.8 cm³/mol. The molecule has 2 rings (SSSR count). The Morgan fingerprint density at radius 3 is 2.24 bits per heavy atom. The van der Waals surface area contributed by atoms with E-state index in [1.54, 1.807) is 9.80 Å². The Labute approximate surface area is 124 Å². The molecule has 0 saturated carbocycles. The first-order valence-corrected chi connectivity index (χ1v) is 7.45. The van der Waals surface area contributed by atoms with Crippen molar-refractivity contribution in [2.75, 3.05) is 32.7 Å². The van der Waals surface area contributed by atoms with Gasteiger partial charge in [-0.05, 0) is 18.8 Å². The van der Waals surface area contributed by atoms with E-state index in [-0.39, 0.29) is 17.9 Å². The zero-order valence-electron chi connectivity index (χ0n) is 12.6. The molecule has 2 heterocycles. The van der Waals surface area contributed by atoms with Gasteiger partial charge in [-0.3, -0.25) is 4.79 Å². The number of carbonyl (C=O) groups excluding carboxylic acids is 2. The highest BCUT2D eigenvalue weighted by Gasteiger charge is 2.41. The molecule has 21 heavy (non-hydrogen) atoms. The maximum atomic E-state index is 12.6. The van der Waals surface area contributed by atoms with Crippen molar-refractivity contribution in [3.05, 3.63) is 0 Å². The summed E-state index contributed by atoms with van der Waals surface area (Å²) in [6, 6.07) is -0.943. The van der Waals surface area contributed by atoms with Gasteiger partial charge in [0, 0.05) is 39.6 Å². The molecule has 7 nitrogen and oxygen atoms in total. The zero-order valence-corrected chi connectivity index (χ0v) is 12.6. The number of hydrogen-bond acceptors (Lipinski definition) is 3. The van der Waals surface area contributed by atoms with Gasteiger partial charge in [0.25, 0.3) is 0 Å². The second-order valence-electron chi connectivity index (χ2n) is 5.87. The van der Waals surface area contributed by atoms with Crippen LogP contribution in [0.4, 0.5) is 4.79 Å². The van der Waals surface area contributed by atoms with Crippen molar-refractivity contribution in [2.24, 2.45) is 5.92 Å². The van der Waals surface area contributed by atoms with E-state index in [9.17, 15) is 19.5 Å². The fraction of sp³-hybridized carbons (Fsp3) is 0.786. The van der Waals surface area contributed by atoms with Crippen molar-refractivity contribution in [3.63, 3.8) is 0 Å². The summed E-state index contributed by atoms with van der Waals surface area (Å²) < 4.78 is 0. The van der Waals surface area contributed by atoms with E-state index in [2.05, 4.69) is 0 Å². The lowest BCUT2D eigenvalue weighted by atomic mass is 10.0. The van der Waals surface area contributed by atoms with Crippen LogP contribution in [0, 0.1) is 5.92 Å². The Morgan fingerprint density at radius 2 is 1.62 bits per heavy atom. The molecule has 2 aliphatic rings. The van der Waals surface area contributed by atoms with Crippen LogP contribution in [0.15, 0.2) is 0 Å². The van der Waals surface area contributed by atoms with Crippen LogP contribution in [0.2, 0.25) is 0 Å². The van der Waals surface area contributed by atoms with Gasteiger partial charge in [-0.1, -0.05) is 6.92 Å². The van der Waals surface area contributed by atoms with E-state index in [4.69, 9.17) is 0 Å². The number of rotatable bonds is 1. The van der Waals surface area contributed by atoms with Crippen LogP contribution in [-0.4, -0.2) is 76.5 Å². The van der Waals surface area contributed by atoms with Crippen LogP contribution >= 0.6 is 0 Å². The number of carboxylic acids is 1. The van der Waals surface area contributed by atoms with Gasteiger partial charge in [0.15, 0.2) is 0 Å². The van der Waals surface area contributed by atoms with Crippen LogP contribution in [0.25, 0.3) is 0 Å². The monoisotopic (exact) mass is 297 g/mol. The third-order valence-electron chi connectivity index (χ3n) is 4.41. The summed E-state index contributed by atoms with van der Waals surface area (Å²) in [4.78, 5) is 40.2. The van der Waals surface area contributed by atoms with E-state index in [0.717, 1.165) is 12.8 Å². The van der Waals surface area contributed by atoms with Crippen LogP contribution in [0.3, 0.4) is 0 Å². The first kappa shape index (κ1) is 15.6. The molecule has 1 N–H and O–H groups in total. The minimum atomic E-state index is -0.937. The molecule has 2 fully saturated rings. The van der Waals surface area contributed by atoms with E-state index in [1.807, 2.05) is 6.92 Å². The van der Waals surface area contributed by atoms with Crippen LogP contribution in [0.5, 0.6) is 0 Å². The molecule has 7 heteroatoms. The third kappa shape index (κ3) is 3.28. The molecular formula is C14H23N3O4. The van der Waals surface area contributed by atoms with Crippen LogP contribution < -0.4 is 0 Å². The van der Waals surface area contributed by atoms with E-state index < -0.39 is 12.0 Å². The van der Waals surface area contributed by atoms with Gasteiger partial charge in [-0.2, -0.15) is 0 Å². The molecule has 0 aromatic carbocycles. The van der Waals surface area contributed by atoms with Gasteiger partial charge in [0.05, 0.1) is 0 Å². The lowest BCUT2D eigenvalue weighted by Crippen LogP contribution is -2.50. The molecule has 118 valence electrons. The Morgan fingerprint density at radius 1 is 1.00 bits per heavy atom. The summed E-state index contributed by atoms with van der Waals surface area (Å²) in [6.07, 6.45) is 1.45. The highest BCUT2D eigenvalue weighted by Crippen LogP contribution is 2.25. The lowest BCUT2D eigenvalue weighted by Gasteiger charge is -2.30. The quantitative estimate of drug-likeness (QED) is 0.762. The predicted octanol–water partition coefficient (Wildman–Crippen LogP) is 0.456. The van der Waals surface area contributed by atoms with Gasteiger partial charge in [0.1, 0.15) is 6.04 Å². The molecule has 2 aliphatic heterocycles. The van der Waals surface area contributed by atoms with Crippen LogP contribution in [-0.2, 0) is 9.59 Å². The minimum absolute atomic E-state index is 0.0162. The first-order chi connectivity index (χ1) is 9.91. The summed E-state index contributed by atoms with van der Waals surface area (Å²) in [5.41, 5.74) is 0. The number of amides is 3. The molecule has 2 unspecified atom stereocenters. The van der Waals surface area contributed by atoms with E-state index in [1.165, 1.54) is 11.8 Å². The largest absolute Gasteiger partial charge is 0.480 e. The Bertz CT molecular complexity index is 440. The molecule has 0 radical (unpaired) electrons. The smallest absolute Gasteiger partial charge is 0.326 e. The van der Waals surface area contributed by atoms with Crippen molar-refractivity contribution in [1.82, 2.24) is 14.7 Å². The summed E-state index contributed by atoms with van der Waals surface area (Å²) in [6.45, 7) is 6.09. The summed E-state index contributed by atoms with van der Waals surface area (Å²) in [5, 5.41) is 9.31. The second-order valence-corrected chi connectivity index (χ2v) is 5.87. The molecule has 2 atom stereocenters. The van der Waals surface area contributed by atoms with E-state index >= 15 is 0 Å². The SMILES string of the molecule is CC(=O)N1CCCN(C(=O)N2CCC(C)C2C(=O)O)CC1. The normalized spacial score (nSPS) is 26.7. The third-order valence-corrected chi connectivity index (χ3v) is 4.41. The van der Waals surface area contributed by atoms with Gasteiger partial charge in [-0.25, -0.2) is 9.59 Å². The molecule has 0 aromatic heterocycles. The topological polar surface area (TPSA) is 81.2 Å². The summed E-state index contributed by atoms with van der Waals surface area (Å²) in [7, 11) is 0. The lowest BCUT2D eigenvalue weighted by molar-refractivity contribution is -0.142. The summed E-state index contributed by atoms with van der Waals surface area (Å²) >= 11 is 0. The number of hydrogen-bond donors (Lipinski definition) is 1. The van der Waals surface area contributed by atoms with E-state index in [0.29, 0.717) is 32.7 Å². The molecule has 2 saturated heterocycles. The number of nitrogens with zero attached hydrogens (tertiary/aromatic N) is 3. The molecular weight excluding hydrogens is 274 g/mol. The number of likely N-dealkylation sites (tertiary alicyclic amines) is 1. The van der Waals surface area contributed by atoms with Gasteiger partial charge in [0.2, 0.25) is 5.91 Å².